The average molecular weight is 1060 g/mol. The van der Waals surface area contributed by atoms with Crippen molar-refractivity contribution in [3.8, 4) is 28.3 Å². The molecule has 6 aromatic rings. The van der Waals surface area contributed by atoms with Crippen LogP contribution in [0.1, 0.15) is 55.2 Å². The third-order valence-electron chi connectivity index (χ3n) is 11.6. The normalized spacial score (nSPS) is 12.0. The number of aromatic amines is 1. The molecule has 0 spiro atoms. The van der Waals surface area contributed by atoms with Gasteiger partial charge in [0.25, 0.3) is 5.91 Å². The number of carbonyl (C=O) groups excluding carboxylic acids is 6. The quantitative estimate of drug-likeness (QED) is 0.0242. The van der Waals surface area contributed by atoms with Crippen molar-refractivity contribution in [1.82, 2.24) is 40.8 Å². The first kappa shape index (κ1) is 55.9. The minimum Gasteiger partial charge on any atom is -0.484 e. The molecular formula is C52H61N13O12. The van der Waals surface area contributed by atoms with Crippen LogP contribution in [-0.4, -0.2) is 151 Å². The third-order valence-corrected chi connectivity index (χ3v) is 11.6. The molecule has 0 unspecified atom stereocenters. The Balaban J connectivity index is 0.736. The zero-order valence-electron chi connectivity index (χ0n) is 43.3. The third kappa shape index (κ3) is 15.0. The number of ketones is 1. The van der Waals surface area contributed by atoms with E-state index in [2.05, 4.69) is 46.1 Å². The molecule has 8 N–H and O–H groups in total. The number of benzene rings is 3. The van der Waals surface area contributed by atoms with Crippen LogP contribution in [0.3, 0.4) is 0 Å². The van der Waals surface area contributed by atoms with Gasteiger partial charge in [-0.3, -0.25) is 29.6 Å². The van der Waals surface area contributed by atoms with Gasteiger partial charge in [0.15, 0.2) is 29.4 Å². The molecule has 0 saturated carbocycles. The van der Waals surface area contributed by atoms with Crippen LogP contribution in [0.25, 0.3) is 33.7 Å². The van der Waals surface area contributed by atoms with Gasteiger partial charge in [-0.15, -0.1) is 0 Å². The zero-order chi connectivity index (χ0) is 55.1. The number of esters is 1. The number of ether oxygens (including phenoxy) is 6. The van der Waals surface area contributed by atoms with Gasteiger partial charge in [0, 0.05) is 49.1 Å². The summed E-state index contributed by atoms with van der Waals surface area (Å²) in [6.45, 7) is 7.38. The maximum Gasteiger partial charge on any atom is 0.411 e. The van der Waals surface area contributed by atoms with Crippen LogP contribution in [0, 0.1) is 0 Å². The molecule has 0 aliphatic heterocycles. The van der Waals surface area contributed by atoms with E-state index < -0.39 is 23.7 Å². The molecule has 7 rings (SSSR count). The highest BCUT2D eigenvalue weighted by Crippen LogP contribution is 2.43. The maximum atomic E-state index is 13.5. The second-order valence-electron chi connectivity index (χ2n) is 18.3. The van der Waals surface area contributed by atoms with Crippen LogP contribution < -0.4 is 42.0 Å². The largest absolute Gasteiger partial charge is 0.484 e. The molecule has 3 aromatic heterocycles. The minimum atomic E-state index is -1.09. The summed E-state index contributed by atoms with van der Waals surface area (Å²) in [5.74, 6) is -1.05. The van der Waals surface area contributed by atoms with Gasteiger partial charge in [0.05, 0.1) is 87.7 Å². The lowest BCUT2D eigenvalue weighted by molar-refractivity contribution is -0.157. The highest BCUT2D eigenvalue weighted by Gasteiger charge is 2.35. The number of fused-ring (bicyclic) bond motifs is 4. The fourth-order valence-electron chi connectivity index (χ4n) is 8.02. The van der Waals surface area contributed by atoms with Crippen LogP contribution in [0.5, 0.6) is 5.75 Å². The molecule has 0 radical (unpaired) electrons. The summed E-state index contributed by atoms with van der Waals surface area (Å²) in [5, 5.41) is 15.4. The van der Waals surface area contributed by atoms with Crippen molar-refractivity contribution >= 4 is 76.1 Å². The van der Waals surface area contributed by atoms with Crippen molar-refractivity contribution < 1.29 is 57.2 Å². The van der Waals surface area contributed by atoms with Gasteiger partial charge in [0.1, 0.15) is 23.1 Å². The number of rotatable bonds is 27. The van der Waals surface area contributed by atoms with Crippen molar-refractivity contribution in [2.24, 2.45) is 0 Å². The van der Waals surface area contributed by atoms with Gasteiger partial charge in [-0.2, -0.15) is 15.1 Å². The summed E-state index contributed by atoms with van der Waals surface area (Å²) >= 11 is 0. The van der Waals surface area contributed by atoms with Crippen molar-refractivity contribution in [3.05, 3.63) is 89.7 Å². The topological polar surface area (TPSA) is 333 Å². The molecule has 0 bridgehead atoms. The number of hydrogen-bond donors (Lipinski definition) is 6. The molecule has 1 atom stereocenters. The summed E-state index contributed by atoms with van der Waals surface area (Å²) in [4.78, 5) is 96.7. The fraction of sp³-hybridized carbons (Fsp3) is 0.365. The van der Waals surface area contributed by atoms with E-state index in [-0.39, 0.29) is 94.0 Å². The molecule has 25 heteroatoms. The average Bonchev–Trinajstić information content (AvgIpc) is 4.19. The molecule has 0 saturated heterocycles. The van der Waals surface area contributed by atoms with Gasteiger partial charge < -0.3 is 60.3 Å². The van der Waals surface area contributed by atoms with Crippen LogP contribution in [0.4, 0.5) is 33.6 Å². The molecule has 1 aliphatic rings. The predicted molar refractivity (Wildman–Crippen MR) is 283 cm³/mol. The van der Waals surface area contributed by atoms with E-state index >= 15 is 0 Å². The lowest BCUT2D eigenvalue weighted by atomic mass is 10.0. The van der Waals surface area contributed by atoms with Crippen LogP contribution in [0.15, 0.2) is 72.9 Å². The zero-order valence-corrected chi connectivity index (χ0v) is 43.3. The van der Waals surface area contributed by atoms with E-state index in [4.69, 9.17) is 39.9 Å². The molecule has 406 valence electrons. The first-order valence-electron chi connectivity index (χ1n) is 24.5. The van der Waals surface area contributed by atoms with E-state index in [0.29, 0.717) is 88.1 Å². The Morgan fingerprint density at radius 2 is 1.48 bits per heavy atom. The Morgan fingerprint density at radius 3 is 2.14 bits per heavy atom. The number of hydrogen-bond acceptors (Lipinski definition) is 20. The first-order valence-corrected chi connectivity index (χ1v) is 24.5. The highest BCUT2D eigenvalue weighted by atomic mass is 16.6. The number of H-pyrrole nitrogens is 1. The van der Waals surface area contributed by atoms with E-state index in [0.717, 1.165) is 5.69 Å². The van der Waals surface area contributed by atoms with Crippen molar-refractivity contribution in [3.63, 3.8) is 0 Å². The summed E-state index contributed by atoms with van der Waals surface area (Å²) in [6, 6.07) is 17.8. The second-order valence-corrected chi connectivity index (χ2v) is 18.3. The van der Waals surface area contributed by atoms with Gasteiger partial charge >= 0.3 is 12.1 Å². The Labute approximate surface area is 442 Å². The smallest absolute Gasteiger partial charge is 0.411 e. The number of nitrogens with one attached hydrogen (secondary N) is 4. The lowest BCUT2D eigenvalue weighted by Gasteiger charge is -2.30. The monoisotopic (exact) mass is 1060 g/mol. The van der Waals surface area contributed by atoms with Crippen molar-refractivity contribution in [2.45, 2.75) is 51.8 Å². The number of methoxy groups -OCH3 is 1. The fourth-order valence-corrected chi connectivity index (χ4v) is 8.02. The van der Waals surface area contributed by atoms with E-state index in [1.54, 1.807) is 93.7 Å². The molecular weight excluding hydrogens is 999 g/mol. The number of aromatic nitrogens is 6. The lowest BCUT2D eigenvalue weighted by Crippen LogP contribution is -2.45. The molecule has 25 nitrogen and oxygen atoms in total. The van der Waals surface area contributed by atoms with Gasteiger partial charge in [-0.1, -0.05) is 12.1 Å². The predicted octanol–water partition coefficient (Wildman–Crippen LogP) is 3.81. The summed E-state index contributed by atoms with van der Waals surface area (Å²) in [6.07, 6.45) is 1.36. The molecule has 4 amide bonds. The number of amides is 4. The Morgan fingerprint density at radius 1 is 0.818 bits per heavy atom. The molecule has 77 heavy (non-hydrogen) atoms. The van der Waals surface area contributed by atoms with Crippen LogP contribution in [0.2, 0.25) is 0 Å². The number of nitrogens with two attached hydrogens (primary N) is 2. The van der Waals surface area contributed by atoms with E-state index in [1.165, 1.54) is 12.0 Å². The maximum absolute atomic E-state index is 13.5. The summed E-state index contributed by atoms with van der Waals surface area (Å²) in [5.41, 5.74) is 16.6. The number of nitrogen functional groups attached to an aromatic ring is 2. The van der Waals surface area contributed by atoms with Gasteiger partial charge in [-0.05, 0) is 81.8 Å². The minimum absolute atomic E-state index is 0.00408. The Bertz CT molecular complexity index is 3060. The number of nitrogens with zero attached hydrogens (tertiary/aromatic N) is 7. The Kier molecular flexibility index (Phi) is 19.0. The van der Waals surface area contributed by atoms with Crippen molar-refractivity contribution in [1.29, 1.82) is 0 Å². The van der Waals surface area contributed by atoms with Gasteiger partial charge in [-0.25, -0.2) is 19.6 Å². The van der Waals surface area contributed by atoms with Crippen molar-refractivity contribution in [2.75, 3.05) is 100 Å². The Hall–Kier alpha value is -8.81. The summed E-state index contributed by atoms with van der Waals surface area (Å²) < 4.78 is 32.7. The number of carbonyl (C=O) groups is 6. The van der Waals surface area contributed by atoms with E-state index in [1.807, 2.05) is 11.9 Å². The number of anilines is 5. The first-order chi connectivity index (χ1) is 37.0. The highest BCUT2D eigenvalue weighted by molar-refractivity contribution is 6.26. The van der Waals surface area contributed by atoms with Crippen LogP contribution >= 0.6 is 0 Å². The van der Waals surface area contributed by atoms with Gasteiger partial charge in [0.2, 0.25) is 18.3 Å². The summed E-state index contributed by atoms with van der Waals surface area (Å²) in [7, 11) is 3.09. The molecule has 0 fully saturated rings. The standard InChI is InChI=1S/C52H61N13O12/c1-52(2,3)77-49(70)38(65(30-66)34-13-11-33(12-14-34)64(4)28-32-27-57-48-45(58-32)47(53)60-50(54)61-48)17-18-39(67)55-19-21-73-23-25-75-26-24-74-22-20-56-40(68)29-76-35-15-9-31(10-16-35)43-42-44(63-62-43)36-7-6-8-37(41(36)46(42)69)59-51(71)72-5/h6-16,27,30,38H,17-26,28-29H2,1-5H3,(H,55,67)(H,56,68)(H,59,71)(H,62,63)(H4,53,54,57,60,61)/t38-/m0/s1. The second kappa shape index (κ2) is 26.1. The molecule has 3 aromatic carbocycles. The van der Waals surface area contributed by atoms with E-state index in [9.17, 15) is 28.8 Å². The molecule has 1 aliphatic carbocycles. The SMILES string of the molecule is COC(=O)Nc1cccc2c1C(=O)c1c(-c3ccc(OCC(=O)NCCOCCOCCOCCNC(=O)CC[C@@H](C(=O)OC(C)(C)C)N(C=O)c4ccc(N(C)Cc5cnc6nc(N)nc(N)c6n5)cc4)cc3)n[nH]c1-2. The van der Waals surface area contributed by atoms with Crippen LogP contribution in [-0.2, 0) is 49.4 Å². The molecule has 3 heterocycles.